The largest absolute Gasteiger partial charge is 0.497 e. The molecule has 0 fully saturated rings. The molecule has 136 valence electrons. The minimum absolute atomic E-state index is 0.380. The van der Waals surface area contributed by atoms with Gasteiger partial charge in [-0.05, 0) is 36.4 Å². The van der Waals surface area contributed by atoms with E-state index in [9.17, 15) is 9.67 Å². The van der Waals surface area contributed by atoms with Gasteiger partial charge in [-0.1, -0.05) is 0 Å². The number of hydrogen-bond acceptors (Lipinski definition) is 6. The number of aliphatic hydroxyl groups excluding tert-OH is 1. The van der Waals surface area contributed by atoms with Crippen LogP contribution in [0.5, 0.6) is 11.5 Å². The lowest BCUT2D eigenvalue weighted by Crippen LogP contribution is -2.15. The van der Waals surface area contributed by atoms with Crippen LogP contribution in [0.15, 0.2) is 42.5 Å². The van der Waals surface area contributed by atoms with Crippen molar-refractivity contribution in [1.82, 2.24) is 0 Å². The van der Waals surface area contributed by atoms with Crippen molar-refractivity contribution in [1.29, 1.82) is 0 Å². The number of ether oxygens (including phenoxy) is 2. The van der Waals surface area contributed by atoms with Gasteiger partial charge in [0.25, 0.3) is 7.37 Å². The molecular weight excluding hydrogens is 341 g/mol. The van der Waals surface area contributed by atoms with E-state index in [4.69, 9.17) is 14.0 Å². The van der Waals surface area contributed by atoms with Gasteiger partial charge in [0.05, 0.1) is 14.2 Å². The lowest BCUT2D eigenvalue weighted by atomic mass is 10.2. The van der Waals surface area contributed by atoms with Crippen molar-refractivity contribution < 1.29 is 23.7 Å². The Morgan fingerprint density at radius 1 is 1.00 bits per heavy atom. The van der Waals surface area contributed by atoms with Crippen LogP contribution in [0.2, 0.25) is 0 Å². The van der Waals surface area contributed by atoms with Crippen molar-refractivity contribution in [3.05, 3.63) is 48.0 Å². The van der Waals surface area contributed by atoms with E-state index in [0.717, 1.165) is 5.69 Å². The molecule has 0 saturated heterocycles. The van der Waals surface area contributed by atoms with Crippen LogP contribution < -0.4 is 19.7 Å². The Labute approximate surface area is 148 Å². The Balaban J connectivity index is 2.46. The quantitative estimate of drug-likeness (QED) is 0.761. The van der Waals surface area contributed by atoms with Crippen molar-refractivity contribution in [2.75, 3.05) is 40.3 Å². The molecule has 0 spiro atoms. The van der Waals surface area contributed by atoms with Gasteiger partial charge in [0, 0.05) is 43.8 Å². The maximum absolute atomic E-state index is 13.4. The molecule has 0 heterocycles. The highest BCUT2D eigenvalue weighted by Gasteiger charge is 2.37. The summed E-state index contributed by atoms with van der Waals surface area (Å²) in [6.45, 7) is 0. The van der Waals surface area contributed by atoms with Crippen LogP contribution in [-0.2, 0) is 9.09 Å². The van der Waals surface area contributed by atoms with Gasteiger partial charge >= 0.3 is 0 Å². The van der Waals surface area contributed by atoms with Gasteiger partial charge in [-0.25, -0.2) is 0 Å². The summed E-state index contributed by atoms with van der Waals surface area (Å²) in [7, 11) is 4.63. The second-order valence-corrected chi connectivity index (χ2v) is 8.24. The van der Waals surface area contributed by atoms with E-state index >= 15 is 0 Å². The SMILES string of the molecule is COc1ccc([C@H](O)[P@@](=O)(OC)c2ccc(N(C)C)cc2)c(OC)c1. The molecule has 2 rings (SSSR count). The van der Waals surface area contributed by atoms with Crippen molar-refractivity contribution in [3.63, 3.8) is 0 Å². The number of hydrogen-bond donors (Lipinski definition) is 1. The van der Waals surface area contributed by atoms with Gasteiger partial charge in [-0.2, -0.15) is 0 Å². The molecule has 2 aromatic carbocycles. The molecule has 2 aromatic rings. The van der Waals surface area contributed by atoms with Crippen LogP contribution in [0.1, 0.15) is 11.4 Å². The molecule has 0 aliphatic carbocycles. The Bertz CT molecular complexity index is 761. The van der Waals surface area contributed by atoms with E-state index < -0.39 is 13.2 Å². The first-order chi connectivity index (χ1) is 11.9. The fourth-order valence-corrected chi connectivity index (χ4v) is 4.36. The molecule has 7 heteroatoms. The van der Waals surface area contributed by atoms with Crippen LogP contribution in [0.25, 0.3) is 0 Å². The molecule has 0 radical (unpaired) electrons. The van der Waals surface area contributed by atoms with E-state index in [1.54, 1.807) is 30.3 Å². The van der Waals surface area contributed by atoms with Gasteiger partial charge in [0.2, 0.25) is 0 Å². The Morgan fingerprint density at radius 2 is 1.64 bits per heavy atom. The fourth-order valence-electron chi connectivity index (χ4n) is 2.52. The van der Waals surface area contributed by atoms with Crippen LogP contribution in [-0.4, -0.2) is 40.5 Å². The first-order valence-electron chi connectivity index (χ1n) is 7.70. The highest BCUT2D eigenvalue weighted by atomic mass is 31.2. The third-order valence-electron chi connectivity index (χ3n) is 4.04. The number of aliphatic hydroxyl groups is 1. The summed E-state index contributed by atoms with van der Waals surface area (Å²) in [5.41, 5.74) is 1.34. The molecule has 25 heavy (non-hydrogen) atoms. The number of nitrogens with zero attached hydrogens (tertiary/aromatic N) is 1. The molecule has 0 aliphatic rings. The highest BCUT2D eigenvalue weighted by molar-refractivity contribution is 7.67. The van der Waals surface area contributed by atoms with Gasteiger partial charge in [0.15, 0.2) is 5.85 Å². The average molecular weight is 365 g/mol. The first-order valence-corrected chi connectivity index (χ1v) is 9.40. The lowest BCUT2D eigenvalue weighted by Gasteiger charge is -2.24. The molecule has 2 atom stereocenters. The van der Waals surface area contributed by atoms with Gasteiger partial charge < -0.3 is 24.0 Å². The first kappa shape index (κ1) is 19.3. The number of methoxy groups -OCH3 is 2. The maximum atomic E-state index is 13.4. The molecule has 0 amide bonds. The zero-order chi connectivity index (χ0) is 18.6. The van der Waals surface area contributed by atoms with Crippen molar-refractivity contribution in [2.45, 2.75) is 5.85 Å². The van der Waals surface area contributed by atoms with Crippen LogP contribution in [0.4, 0.5) is 5.69 Å². The zero-order valence-corrected chi connectivity index (χ0v) is 16.0. The van der Waals surface area contributed by atoms with E-state index in [1.165, 1.54) is 21.3 Å². The summed E-state index contributed by atoms with van der Waals surface area (Å²) in [5, 5.41) is 11.3. The number of rotatable bonds is 7. The predicted octanol–water partition coefficient (Wildman–Crippen LogP) is 3.01. The predicted molar refractivity (Wildman–Crippen MR) is 99.5 cm³/mol. The number of benzene rings is 2. The molecule has 6 nitrogen and oxygen atoms in total. The smallest absolute Gasteiger partial charge is 0.264 e. The van der Waals surface area contributed by atoms with Crippen LogP contribution in [0, 0.1) is 0 Å². The Kier molecular flexibility index (Phi) is 6.11. The minimum Gasteiger partial charge on any atom is -0.497 e. The third-order valence-corrected chi connectivity index (χ3v) is 6.52. The topological polar surface area (TPSA) is 68.2 Å². The van der Waals surface area contributed by atoms with E-state index in [-0.39, 0.29) is 0 Å². The summed E-state index contributed by atoms with van der Waals surface area (Å²) < 4.78 is 29.2. The van der Waals surface area contributed by atoms with E-state index in [2.05, 4.69) is 0 Å². The maximum Gasteiger partial charge on any atom is 0.264 e. The Hall–Kier alpha value is -2.01. The van der Waals surface area contributed by atoms with Gasteiger partial charge in [-0.15, -0.1) is 0 Å². The second kappa shape index (κ2) is 7.91. The van der Waals surface area contributed by atoms with E-state index in [1.807, 2.05) is 31.1 Å². The Morgan fingerprint density at radius 3 is 2.12 bits per heavy atom. The molecule has 0 aromatic heterocycles. The second-order valence-electron chi connectivity index (χ2n) is 5.67. The van der Waals surface area contributed by atoms with Crippen molar-refractivity contribution in [2.24, 2.45) is 0 Å². The van der Waals surface area contributed by atoms with Crippen molar-refractivity contribution in [3.8, 4) is 11.5 Å². The summed E-state index contributed by atoms with van der Waals surface area (Å²) in [6.07, 6.45) is 0. The molecule has 1 N–H and O–H groups in total. The molecule has 0 saturated carbocycles. The molecule has 0 bridgehead atoms. The minimum atomic E-state index is -3.56. The lowest BCUT2D eigenvalue weighted by molar-refractivity contribution is 0.223. The summed E-state index contributed by atoms with van der Waals surface area (Å²) in [4.78, 5) is 1.93. The van der Waals surface area contributed by atoms with E-state index in [0.29, 0.717) is 22.4 Å². The normalized spacial score (nSPS) is 14.5. The van der Waals surface area contributed by atoms with Crippen molar-refractivity contribution >= 4 is 18.4 Å². The standard InChI is InChI=1S/C18H24NO5P/c1-19(2)13-6-9-15(10-7-13)25(21,24-5)18(20)16-11-8-14(22-3)12-17(16)23-4/h6-12,18,20H,1-5H3/t18-,25+/m1/s1. The monoisotopic (exact) mass is 365 g/mol. The zero-order valence-electron chi connectivity index (χ0n) is 15.1. The summed E-state index contributed by atoms with van der Waals surface area (Å²) in [6, 6.07) is 12.0. The summed E-state index contributed by atoms with van der Waals surface area (Å²) in [5.74, 6) is -0.395. The highest BCUT2D eigenvalue weighted by Crippen LogP contribution is 2.58. The van der Waals surface area contributed by atoms with Crippen LogP contribution >= 0.6 is 7.37 Å². The third kappa shape index (κ3) is 3.82. The average Bonchev–Trinajstić information content (AvgIpc) is 2.66. The van der Waals surface area contributed by atoms with Gasteiger partial charge in [0.1, 0.15) is 11.5 Å². The fraction of sp³-hybridized carbons (Fsp3) is 0.333. The molecular formula is C18H24NO5P. The van der Waals surface area contributed by atoms with Crippen LogP contribution in [0.3, 0.4) is 0 Å². The molecule has 0 aliphatic heterocycles. The summed E-state index contributed by atoms with van der Waals surface area (Å²) >= 11 is 0. The van der Waals surface area contributed by atoms with Gasteiger partial charge in [-0.3, -0.25) is 4.57 Å². The number of anilines is 1. The molecule has 0 unspecified atom stereocenters.